The molecule has 2 N–H and O–H groups in total. The van der Waals surface area contributed by atoms with Gasteiger partial charge in [-0.1, -0.05) is 32.0 Å². The van der Waals surface area contributed by atoms with E-state index in [4.69, 9.17) is 5.73 Å². The number of anilines is 1. The van der Waals surface area contributed by atoms with E-state index >= 15 is 0 Å². The summed E-state index contributed by atoms with van der Waals surface area (Å²) in [4.78, 5) is 2.74. The van der Waals surface area contributed by atoms with Crippen LogP contribution in [0.1, 0.15) is 50.7 Å². The van der Waals surface area contributed by atoms with Gasteiger partial charge < -0.3 is 10.6 Å². The Hall–Kier alpha value is -1.02. The van der Waals surface area contributed by atoms with Crippen LogP contribution in [0.3, 0.4) is 0 Å². The fourth-order valence-corrected chi connectivity index (χ4v) is 4.13. The average Bonchev–Trinajstić information content (AvgIpc) is 2.69. The van der Waals surface area contributed by atoms with Crippen molar-refractivity contribution in [3.8, 4) is 0 Å². The third-order valence-corrected chi connectivity index (χ3v) is 4.99. The molecule has 2 fully saturated rings. The number of aryl methyl sites for hydroxylation is 2. The maximum Gasteiger partial charge on any atom is 0.0436 e. The number of piperidine rings is 1. The molecule has 2 saturated heterocycles. The molecule has 2 aliphatic heterocycles. The third kappa shape index (κ3) is 2.16. The molecule has 1 aromatic carbocycles. The van der Waals surface area contributed by atoms with Crippen molar-refractivity contribution in [1.82, 2.24) is 0 Å². The van der Waals surface area contributed by atoms with Crippen molar-refractivity contribution in [1.29, 1.82) is 0 Å². The highest BCUT2D eigenvalue weighted by Crippen LogP contribution is 2.42. The SMILES string of the molecule is CCc1cccc(CC)c1N1C2CCC1CC(N)C2. The smallest absolute Gasteiger partial charge is 0.0436 e. The number of nitrogens with zero attached hydrogens (tertiary/aromatic N) is 1. The van der Waals surface area contributed by atoms with Gasteiger partial charge in [0.25, 0.3) is 0 Å². The van der Waals surface area contributed by atoms with Gasteiger partial charge in [-0.25, -0.2) is 0 Å². The van der Waals surface area contributed by atoms with Crippen LogP contribution in [0.4, 0.5) is 5.69 Å². The summed E-state index contributed by atoms with van der Waals surface area (Å²) in [5.74, 6) is 0. The molecule has 2 nitrogen and oxygen atoms in total. The maximum atomic E-state index is 6.21. The van der Waals surface area contributed by atoms with Crippen LogP contribution >= 0.6 is 0 Å². The predicted octanol–water partition coefficient (Wildman–Crippen LogP) is 3.27. The Labute approximate surface area is 117 Å². The molecule has 19 heavy (non-hydrogen) atoms. The van der Waals surface area contributed by atoms with Gasteiger partial charge in [-0.2, -0.15) is 0 Å². The summed E-state index contributed by atoms with van der Waals surface area (Å²) in [5.41, 5.74) is 10.8. The second-order valence-electron chi connectivity index (χ2n) is 6.16. The number of benzene rings is 1. The summed E-state index contributed by atoms with van der Waals surface area (Å²) in [6.07, 6.45) is 7.28. The zero-order valence-corrected chi connectivity index (χ0v) is 12.2. The highest BCUT2D eigenvalue weighted by molar-refractivity contribution is 5.62. The first-order valence-corrected chi connectivity index (χ1v) is 7.89. The Morgan fingerprint density at radius 2 is 1.58 bits per heavy atom. The molecule has 0 saturated carbocycles. The first kappa shape index (κ1) is 13.0. The molecule has 2 atom stereocenters. The van der Waals surface area contributed by atoms with E-state index in [2.05, 4.69) is 36.9 Å². The second kappa shape index (κ2) is 5.16. The Kier molecular flexibility index (Phi) is 3.53. The largest absolute Gasteiger partial charge is 0.365 e. The third-order valence-electron chi connectivity index (χ3n) is 4.99. The van der Waals surface area contributed by atoms with Crippen LogP contribution in [0.15, 0.2) is 18.2 Å². The Morgan fingerprint density at radius 1 is 1.05 bits per heavy atom. The lowest BCUT2D eigenvalue weighted by atomic mass is 9.93. The molecular weight excluding hydrogens is 232 g/mol. The van der Waals surface area contributed by atoms with Crippen molar-refractivity contribution in [2.45, 2.75) is 70.5 Å². The Morgan fingerprint density at radius 3 is 2.05 bits per heavy atom. The summed E-state index contributed by atoms with van der Waals surface area (Å²) >= 11 is 0. The lowest BCUT2D eigenvalue weighted by molar-refractivity contribution is 0.413. The molecule has 0 aromatic heterocycles. The molecule has 2 heteroatoms. The molecule has 0 radical (unpaired) electrons. The first-order chi connectivity index (χ1) is 9.24. The van der Waals surface area contributed by atoms with Crippen LogP contribution in [0, 0.1) is 0 Å². The van der Waals surface area contributed by atoms with E-state index in [0.29, 0.717) is 18.1 Å². The van der Waals surface area contributed by atoms with E-state index in [1.807, 2.05) is 0 Å². The second-order valence-corrected chi connectivity index (χ2v) is 6.16. The fourth-order valence-electron chi connectivity index (χ4n) is 4.13. The lowest BCUT2D eigenvalue weighted by Gasteiger charge is -2.41. The zero-order valence-electron chi connectivity index (χ0n) is 12.2. The van der Waals surface area contributed by atoms with Crippen LogP contribution in [-0.2, 0) is 12.8 Å². The van der Waals surface area contributed by atoms with Crippen LogP contribution in [0.25, 0.3) is 0 Å². The summed E-state index contributed by atoms with van der Waals surface area (Å²) < 4.78 is 0. The maximum absolute atomic E-state index is 6.21. The zero-order chi connectivity index (χ0) is 13.4. The van der Waals surface area contributed by atoms with Crippen molar-refractivity contribution in [2.75, 3.05) is 4.90 Å². The molecule has 2 unspecified atom stereocenters. The van der Waals surface area contributed by atoms with E-state index in [1.165, 1.54) is 36.8 Å². The molecule has 104 valence electrons. The minimum absolute atomic E-state index is 0.424. The van der Waals surface area contributed by atoms with Gasteiger partial charge >= 0.3 is 0 Å². The monoisotopic (exact) mass is 258 g/mol. The van der Waals surface area contributed by atoms with Gasteiger partial charge in [0.2, 0.25) is 0 Å². The van der Waals surface area contributed by atoms with Gasteiger partial charge in [-0.15, -0.1) is 0 Å². The summed E-state index contributed by atoms with van der Waals surface area (Å²) in [5, 5.41) is 0. The van der Waals surface area contributed by atoms with Crippen molar-refractivity contribution in [2.24, 2.45) is 5.73 Å². The fraction of sp³-hybridized carbons (Fsp3) is 0.647. The van der Waals surface area contributed by atoms with Gasteiger partial charge in [-0.05, 0) is 49.7 Å². The average molecular weight is 258 g/mol. The van der Waals surface area contributed by atoms with Gasteiger partial charge in [0.1, 0.15) is 0 Å². The predicted molar refractivity (Wildman–Crippen MR) is 81.7 cm³/mol. The summed E-state index contributed by atoms with van der Waals surface area (Å²) in [6.45, 7) is 4.55. The van der Waals surface area contributed by atoms with Crippen molar-refractivity contribution in [3.63, 3.8) is 0 Å². The van der Waals surface area contributed by atoms with E-state index in [-0.39, 0.29) is 0 Å². The molecule has 0 spiro atoms. The molecule has 1 aromatic rings. The topological polar surface area (TPSA) is 29.3 Å². The van der Waals surface area contributed by atoms with Crippen LogP contribution in [0.2, 0.25) is 0 Å². The highest BCUT2D eigenvalue weighted by Gasteiger charge is 2.40. The quantitative estimate of drug-likeness (QED) is 0.901. The summed E-state index contributed by atoms with van der Waals surface area (Å²) in [6, 6.07) is 8.63. The molecule has 2 bridgehead atoms. The van der Waals surface area contributed by atoms with Crippen molar-refractivity contribution >= 4 is 5.69 Å². The van der Waals surface area contributed by atoms with Crippen LogP contribution < -0.4 is 10.6 Å². The number of hydrogen-bond donors (Lipinski definition) is 1. The minimum atomic E-state index is 0.424. The highest BCUT2D eigenvalue weighted by atomic mass is 15.2. The van der Waals surface area contributed by atoms with Gasteiger partial charge in [0, 0.05) is 23.8 Å². The van der Waals surface area contributed by atoms with Crippen molar-refractivity contribution < 1.29 is 0 Å². The minimum Gasteiger partial charge on any atom is -0.365 e. The standard InChI is InChI=1S/C17H26N2/c1-3-12-6-5-7-13(4-2)17(12)19-15-8-9-16(19)11-14(18)10-15/h5-7,14-16H,3-4,8-11,18H2,1-2H3. The molecular formula is C17H26N2. The van der Waals surface area contributed by atoms with Gasteiger partial charge in [-0.3, -0.25) is 0 Å². The molecule has 3 rings (SSSR count). The number of hydrogen-bond acceptors (Lipinski definition) is 2. The van der Waals surface area contributed by atoms with Gasteiger partial charge in [0.05, 0.1) is 0 Å². The van der Waals surface area contributed by atoms with E-state index in [9.17, 15) is 0 Å². The molecule has 0 amide bonds. The number of nitrogens with two attached hydrogens (primary N) is 1. The van der Waals surface area contributed by atoms with Crippen molar-refractivity contribution in [3.05, 3.63) is 29.3 Å². The van der Waals surface area contributed by atoms with Gasteiger partial charge in [0.15, 0.2) is 0 Å². The lowest BCUT2D eigenvalue weighted by Crippen LogP contribution is -2.48. The van der Waals surface area contributed by atoms with E-state index in [1.54, 1.807) is 5.69 Å². The number of para-hydroxylation sites is 1. The van der Waals surface area contributed by atoms with Crippen LogP contribution in [0.5, 0.6) is 0 Å². The Bertz CT molecular complexity index is 418. The normalized spacial score (nSPS) is 29.8. The van der Waals surface area contributed by atoms with Crippen LogP contribution in [-0.4, -0.2) is 18.1 Å². The number of fused-ring (bicyclic) bond motifs is 2. The first-order valence-electron chi connectivity index (χ1n) is 7.89. The van der Waals surface area contributed by atoms with E-state index in [0.717, 1.165) is 12.8 Å². The molecule has 2 aliphatic rings. The Balaban J connectivity index is 2.02. The van der Waals surface area contributed by atoms with E-state index < -0.39 is 0 Å². The summed E-state index contributed by atoms with van der Waals surface area (Å²) in [7, 11) is 0. The number of rotatable bonds is 3. The molecule has 0 aliphatic carbocycles. The molecule has 2 heterocycles.